The van der Waals surface area contributed by atoms with E-state index >= 15 is 0 Å². The Bertz CT molecular complexity index is 415. The second kappa shape index (κ2) is 4.95. The monoisotopic (exact) mass is 234 g/mol. The van der Waals surface area contributed by atoms with Crippen molar-refractivity contribution < 1.29 is 14.7 Å². The summed E-state index contributed by atoms with van der Waals surface area (Å²) in [5.74, 6) is -1.12. The van der Waals surface area contributed by atoms with Crippen molar-refractivity contribution in [2.45, 2.75) is 25.3 Å². The first-order valence-corrected chi connectivity index (χ1v) is 5.58. The molecule has 0 spiro atoms. The lowest BCUT2D eigenvalue weighted by Gasteiger charge is -2.13. The number of pyridine rings is 1. The average Bonchev–Trinajstić information content (AvgIpc) is 3.11. The molecule has 1 aromatic heterocycles. The summed E-state index contributed by atoms with van der Waals surface area (Å²) in [4.78, 5) is 26.5. The molecule has 1 aliphatic rings. The van der Waals surface area contributed by atoms with Gasteiger partial charge in [-0.2, -0.15) is 0 Å². The van der Waals surface area contributed by atoms with E-state index < -0.39 is 12.0 Å². The Morgan fingerprint density at radius 1 is 1.53 bits per heavy atom. The van der Waals surface area contributed by atoms with Gasteiger partial charge in [0.1, 0.15) is 6.04 Å². The van der Waals surface area contributed by atoms with Gasteiger partial charge >= 0.3 is 5.97 Å². The van der Waals surface area contributed by atoms with Crippen molar-refractivity contribution >= 4 is 11.9 Å². The fourth-order valence-electron chi connectivity index (χ4n) is 1.72. The molecule has 1 aliphatic carbocycles. The second-order valence-corrected chi connectivity index (χ2v) is 4.26. The molecule has 1 atom stereocenters. The summed E-state index contributed by atoms with van der Waals surface area (Å²) in [6.45, 7) is 0. The van der Waals surface area contributed by atoms with Crippen LogP contribution < -0.4 is 5.32 Å². The number of aliphatic carboxylic acids is 1. The lowest BCUT2D eigenvalue weighted by molar-refractivity contribution is -0.142. The maximum atomic E-state index is 11.7. The van der Waals surface area contributed by atoms with Crippen LogP contribution in [0.5, 0.6) is 0 Å². The first kappa shape index (κ1) is 11.6. The summed E-state index contributed by atoms with van der Waals surface area (Å²) in [7, 11) is 0. The number of carbonyl (C=O) groups is 2. The van der Waals surface area contributed by atoms with Crippen LogP contribution in [0.4, 0.5) is 0 Å². The Labute approximate surface area is 98.9 Å². The second-order valence-electron chi connectivity index (χ2n) is 4.26. The van der Waals surface area contributed by atoms with Gasteiger partial charge in [-0.05, 0) is 30.4 Å². The van der Waals surface area contributed by atoms with Crippen LogP contribution >= 0.6 is 0 Å². The molecule has 0 aliphatic heterocycles. The Kier molecular flexibility index (Phi) is 3.37. The van der Waals surface area contributed by atoms with E-state index in [-0.39, 0.29) is 18.2 Å². The molecular weight excluding hydrogens is 220 g/mol. The zero-order valence-corrected chi connectivity index (χ0v) is 9.30. The molecule has 17 heavy (non-hydrogen) atoms. The lowest BCUT2D eigenvalue weighted by Crippen LogP contribution is -2.43. The minimum Gasteiger partial charge on any atom is -0.480 e. The molecular formula is C12H14N2O3. The van der Waals surface area contributed by atoms with Gasteiger partial charge in [-0.15, -0.1) is 0 Å². The van der Waals surface area contributed by atoms with Crippen molar-refractivity contribution in [3.8, 4) is 0 Å². The third kappa shape index (κ3) is 3.27. The summed E-state index contributed by atoms with van der Waals surface area (Å²) in [6.07, 6.45) is 5.16. The molecule has 1 saturated carbocycles. The molecule has 5 heteroatoms. The van der Waals surface area contributed by atoms with Gasteiger partial charge in [0.2, 0.25) is 5.91 Å². The Balaban J connectivity index is 1.90. The number of nitrogens with zero attached hydrogens (tertiary/aromatic N) is 1. The van der Waals surface area contributed by atoms with Crippen LogP contribution in [0.2, 0.25) is 0 Å². The number of carboxylic acid groups (broad SMARTS) is 1. The number of nitrogens with one attached hydrogen (secondary N) is 1. The molecule has 2 rings (SSSR count). The van der Waals surface area contributed by atoms with Gasteiger partial charge in [-0.3, -0.25) is 9.78 Å². The van der Waals surface area contributed by atoms with Crippen LogP contribution in [0.1, 0.15) is 18.4 Å². The molecule has 5 nitrogen and oxygen atoms in total. The Hall–Kier alpha value is -1.91. The molecule has 0 aromatic carbocycles. The van der Waals surface area contributed by atoms with Crippen molar-refractivity contribution in [1.82, 2.24) is 10.3 Å². The number of carbonyl (C=O) groups excluding carboxylic acids is 1. The minimum atomic E-state index is -0.952. The Morgan fingerprint density at radius 3 is 2.82 bits per heavy atom. The van der Waals surface area contributed by atoms with E-state index in [2.05, 4.69) is 10.3 Å². The molecule has 1 unspecified atom stereocenters. The number of hydrogen-bond acceptors (Lipinski definition) is 3. The van der Waals surface area contributed by atoms with E-state index in [1.807, 2.05) is 0 Å². The maximum Gasteiger partial charge on any atom is 0.326 e. The van der Waals surface area contributed by atoms with E-state index in [1.54, 1.807) is 24.5 Å². The molecule has 0 saturated heterocycles. The minimum absolute atomic E-state index is 0.102. The highest BCUT2D eigenvalue weighted by molar-refractivity contribution is 5.85. The third-order valence-corrected chi connectivity index (χ3v) is 2.76. The van der Waals surface area contributed by atoms with Crippen molar-refractivity contribution in [3.63, 3.8) is 0 Å². The van der Waals surface area contributed by atoms with Gasteiger partial charge in [0, 0.05) is 12.4 Å². The molecule has 1 fully saturated rings. The van der Waals surface area contributed by atoms with Gasteiger partial charge in [-0.1, -0.05) is 6.07 Å². The topological polar surface area (TPSA) is 79.3 Å². The highest BCUT2D eigenvalue weighted by Crippen LogP contribution is 2.32. The number of rotatable bonds is 5. The molecule has 1 amide bonds. The highest BCUT2D eigenvalue weighted by atomic mass is 16.4. The molecule has 0 bridgehead atoms. The molecule has 1 aromatic rings. The van der Waals surface area contributed by atoms with E-state index in [0.717, 1.165) is 18.4 Å². The van der Waals surface area contributed by atoms with Gasteiger partial charge in [0.15, 0.2) is 0 Å². The average molecular weight is 234 g/mol. The van der Waals surface area contributed by atoms with Gasteiger partial charge in [-0.25, -0.2) is 4.79 Å². The Morgan fingerprint density at radius 2 is 2.29 bits per heavy atom. The number of aromatic nitrogens is 1. The normalized spacial score (nSPS) is 16.2. The van der Waals surface area contributed by atoms with Crippen molar-refractivity contribution in [1.29, 1.82) is 0 Å². The summed E-state index contributed by atoms with van der Waals surface area (Å²) in [6, 6.07) is 2.80. The van der Waals surface area contributed by atoms with E-state index in [9.17, 15) is 9.59 Å². The molecule has 0 radical (unpaired) electrons. The highest BCUT2D eigenvalue weighted by Gasteiger charge is 2.37. The predicted molar refractivity (Wildman–Crippen MR) is 60.2 cm³/mol. The fraction of sp³-hybridized carbons (Fsp3) is 0.417. The van der Waals surface area contributed by atoms with Crippen LogP contribution in [-0.2, 0) is 16.0 Å². The summed E-state index contributed by atoms with van der Waals surface area (Å²) < 4.78 is 0. The van der Waals surface area contributed by atoms with Crippen LogP contribution in [-0.4, -0.2) is 28.0 Å². The maximum absolute atomic E-state index is 11.7. The first-order chi connectivity index (χ1) is 8.16. The summed E-state index contributed by atoms with van der Waals surface area (Å²) in [5.41, 5.74) is 0.782. The quantitative estimate of drug-likeness (QED) is 0.782. The number of hydrogen-bond donors (Lipinski definition) is 2. The molecule has 2 N–H and O–H groups in total. The summed E-state index contributed by atoms with van der Waals surface area (Å²) in [5, 5.41) is 11.5. The van der Waals surface area contributed by atoms with E-state index in [1.165, 1.54) is 0 Å². The van der Waals surface area contributed by atoms with Gasteiger partial charge < -0.3 is 10.4 Å². The third-order valence-electron chi connectivity index (χ3n) is 2.76. The predicted octanol–water partition coefficient (Wildman–Crippen LogP) is 0.603. The standard InChI is InChI=1S/C12H14N2O3/c15-10(6-8-2-1-5-13-7-8)14-11(12(16)17)9-3-4-9/h1-2,5,7,9,11H,3-4,6H2,(H,14,15)(H,16,17). The van der Waals surface area contributed by atoms with E-state index in [0.29, 0.717) is 0 Å². The van der Waals surface area contributed by atoms with Crippen molar-refractivity contribution in [3.05, 3.63) is 30.1 Å². The van der Waals surface area contributed by atoms with Crippen LogP contribution in [0, 0.1) is 5.92 Å². The zero-order chi connectivity index (χ0) is 12.3. The number of amides is 1. The van der Waals surface area contributed by atoms with Crippen LogP contribution in [0.15, 0.2) is 24.5 Å². The van der Waals surface area contributed by atoms with Crippen molar-refractivity contribution in [2.75, 3.05) is 0 Å². The zero-order valence-electron chi connectivity index (χ0n) is 9.30. The molecule has 90 valence electrons. The molecule has 1 heterocycles. The fourth-order valence-corrected chi connectivity index (χ4v) is 1.72. The van der Waals surface area contributed by atoms with Crippen molar-refractivity contribution in [2.24, 2.45) is 5.92 Å². The van der Waals surface area contributed by atoms with Gasteiger partial charge in [0.25, 0.3) is 0 Å². The van der Waals surface area contributed by atoms with Crippen LogP contribution in [0.25, 0.3) is 0 Å². The number of carboxylic acids is 1. The van der Waals surface area contributed by atoms with Gasteiger partial charge in [0.05, 0.1) is 6.42 Å². The first-order valence-electron chi connectivity index (χ1n) is 5.58. The van der Waals surface area contributed by atoms with Crippen LogP contribution in [0.3, 0.4) is 0 Å². The SMILES string of the molecule is O=C(Cc1cccnc1)NC(C(=O)O)C1CC1. The smallest absolute Gasteiger partial charge is 0.326 e. The largest absolute Gasteiger partial charge is 0.480 e. The van der Waals surface area contributed by atoms with E-state index in [4.69, 9.17) is 5.11 Å². The summed E-state index contributed by atoms with van der Waals surface area (Å²) >= 11 is 0. The lowest BCUT2D eigenvalue weighted by atomic mass is 10.1.